The van der Waals surface area contributed by atoms with Crippen LogP contribution in [0.15, 0.2) is 155 Å². The molecular weight excluding hydrogens is 473 g/mol. The van der Waals surface area contributed by atoms with E-state index in [1.54, 1.807) is 0 Å². The van der Waals surface area contributed by atoms with Crippen LogP contribution in [-0.4, -0.2) is 0 Å². The number of benzene rings is 4. The van der Waals surface area contributed by atoms with E-state index < -0.39 is 0 Å². The highest BCUT2D eigenvalue weighted by atomic mass is 32.2. The molecule has 4 aromatic carbocycles. The van der Waals surface area contributed by atoms with Gasteiger partial charge in [-0.25, -0.2) is 0 Å². The van der Waals surface area contributed by atoms with Gasteiger partial charge in [-0.2, -0.15) is 0 Å². The Bertz CT molecular complexity index is 1400. The Balaban J connectivity index is 1.51. The minimum Gasteiger partial charge on any atom is -0.0882 e. The number of hydrogen-bond donors (Lipinski definition) is 0. The molecule has 0 radical (unpaired) electrons. The maximum absolute atomic E-state index is 2.35. The molecular formula is C34H24S2. The third kappa shape index (κ3) is 4.97. The summed E-state index contributed by atoms with van der Waals surface area (Å²) in [4.78, 5) is 5.08. The van der Waals surface area contributed by atoms with Crippen molar-refractivity contribution < 1.29 is 0 Å². The van der Waals surface area contributed by atoms with Crippen molar-refractivity contribution in [3.8, 4) is 0 Å². The molecule has 2 heterocycles. The molecule has 0 amide bonds. The second-order valence-electron chi connectivity index (χ2n) is 8.61. The largest absolute Gasteiger partial charge is 0.0882 e. The van der Waals surface area contributed by atoms with Crippen LogP contribution in [0.4, 0.5) is 0 Å². The smallest absolute Gasteiger partial charge is 0.0268 e. The average molecular weight is 497 g/mol. The van der Waals surface area contributed by atoms with E-state index >= 15 is 0 Å². The molecule has 0 atom stereocenters. The van der Waals surface area contributed by atoms with Crippen LogP contribution in [0.3, 0.4) is 0 Å². The number of allylic oxidation sites excluding steroid dienone is 6. The molecule has 0 unspecified atom stereocenters. The maximum Gasteiger partial charge on any atom is 0.0268 e. The van der Waals surface area contributed by atoms with E-state index in [0.717, 1.165) is 0 Å². The lowest BCUT2D eigenvalue weighted by Crippen LogP contribution is -1.96. The van der Waals surface area contributed by atoms with Crippen LogP contribution < -0.4 is 0 Å². The van der Waals surface area contributed by atoms with E-state index in [-0.39, 0.29) is 0 Å². The molecule has 0 fully saturated rings. The molecule has 0 bridgehead atoms. The number of hydrogen-bond acceptors (Lipinski definition) is 2. The fraction of sp³-hybridized carbons (Fsp3) is 0. The van der Waals surface area contributed by atoms with Gasteiger partial charge in [0.1, 0.15) is 0 Å². The van der Waals surface area contributed by atoms with Gasteiger partial charge >= 0.3 is 0 Å². The fourth-order valence-electron chi connectivity index (χ4n) is 4.33. The van der Waals surface area contributed by atoms with Crippen LogP contribution in [-0.2, 0) is 0 Å². The van der Waals surface area contributed by atoms with Crippen molar-refractivity contribution >= 4 is 44.5 Å². The van der Waals surface area contributed by atoms with Crippen LogP contribution in [0.25, 0.3) is 21.0 Å². The van der Waals surface area contributed by atoms with Gasteiger partial charge in [0.25, 0.3) is 0 Å². The highest BCUT2D eigenvalue weighted by Gasteiger charge is 2.21. The van der Waals surface area contributed by atoms with Crippen LogP contribution in [0, 0.1) is 0 Å². The third-order valence-electron chi connectivity index (χ3n) is 6.16. The summed E-state index contributed by atoms with van der Waals surface area (Å²) in [6.45, 7) is 0. The zero-order valence-corrected chi connectivity index (χ0v) is 21.3. The normalized spacial score (nSPS) is 17.6. The first kappa shape index (κ1) is 22.7. The van der Waals surface area contributed by atoms with Crippen LogP contribution in [0.1, 0.15) is 22.3 Å². The van der Waals surface area contributed by atoms with Crippen molar-refractivity contribution in [2.75, 3.05) is 0 Å². The number of thioether (sulfide) groups is 2. The first-order valence-electron chi connectivity index (χ1n) is 12.0. The minimum absolute atomic E-state index is 1.23. The lowest BCUT2D eigenvalue weighted by atomic mass is 10.0. The topological polar surface area (TPSA) is 0 Å². The Morgan fingerprint density at radius 1 is 0.306 bits per heavy atom. The SMILES string of the molecule is C1=C(c2ccccc2)C=C(c2ccccc2)S/C1=C1/C=C(c2ccccc2)C=C(c2ccccc2)S1. The molecule has 0 N–H and O–H groups in total. The maximum atomic E-state index is 2.35. The quantitative estimate of drug-likeness (QED) is 0.276. The van der Waals surface area contributed by atoms with E-state index in [9.17, 15) is 0 Å². The fourth-order valence-corrected chi connectivity index (χ4v) is 6.62. The number of rotatable bonds is 4. The molecule has 4 aromatic rings. The summed E-state index contributed by atoms with van der Waals surface area (Å²) in [5.74, 6) is 0. The van der Waals surface area contributed by atoms with Crippen molar-refractivity contribution in [2.24, 2.45) is 0 Å². The molecule has 36 heavy (non-hydrogen) atoms. The predicted octanol–water partition coefficient (Wildman–Crippen LogP) is 9.94. The Morgan fingerprint density at radius 2 is 0.611 bits per heavy atom. The minimum atomic E-state index is 1.23. The van der Waals surface area contributed by atoms with Crippen molar-refractivity contribution in [3.63, 3.8) is 0 Å². The van der Waals surface area contributed by atoms with Crippen molar-refractivity contribution in [2.45, 2.75) is 0 Å². The van der Waals surface area contributed by atoms with Gasteiger partial charge in [-0.1, -0.05) is 145 Å². The summed E-state index contributed by atoms with van der Waals surface area (Å²) < 4.78 is 0. The first-order chi connectivity index (χ1) is 17.8. The summed E-state index contributed by atoms with van der Waals surface area (Å²) in [6, 6.07) is 42.8. The van der Waals surface area contributed by atoms with Crippen LogP contribution >= 0.6 is 23.5 Å². The Kier molecular flexibility index (Phi) is 6.62. The monoisotopic (exact) mass is 496 g/mol. The van der Waals surface area contributed by atoms with E-state index in [0.29, 0.717) is 0 Å². The molecule has 2 aliphatic heterocycles. The Morgan fingerprint density at radius 3 is 0.944 bits per heavy atom. The van der Waals surface area contributed by atoms with Crippen molar-refractivity contribution in [1.29, 1.82) is 0 Å². The van der Waals surface area contributed by atoms with Gasteiger partial charge in [-0.3, -0.25) is 0 Å². The lowest BCUT2D eigenvalue weighted by molar-refractivity contribution is 1.59. The van der Waals surface area contributed by atoms with E-state index in [4.69, 9.17) is 0 Å². The molecule has 0 saturated carbocycles. The Labute approximate surface area is 221 Å². The molecule has 172 valence electrons. The van der Waals surface area contributed by atoms with Crippen molar-refractivity contribution in [3.05, 3.63) is 178 Å². The second-order valence-corrected chi connectivity index (χ2v) is 10.8. The molecule has 0 aliphatic carbocycles. The summed E-state index contributed by atoms with van der Waals surface area (Å²) in [5, 5.41) is 0. The van der Waals surface area contributed by atoms with Gasteiger partial charge in [-0.05, 0) is 57.7 Å². The van der Waals surface area contributed by atoms with Gasteiger partial charge in [0.05, 0.1) is 0 Å². The van der Waals surface area contributed by atoms with E-state index in [1.165, 1.54) is 53.0 Å². The highest BCUT2D eigenvalue weighted by Crippen LogP contribution is 2.50. The van der Waals surface area contributed by atoms with Crippen LogP contribution in [0.2, 0.25) is 0 Å². The molecule has 6 rings (SSSR count). The molecule has 0 aromatic heterocycles. The van der Waals surface area contributed by atoms with Gasteiger partial charge < -0.3 is 0 Å². The lowest BCUT2D eigenvalue weighted by Gasteiger charge is -2.22. The molecule has 0 nitrogen and oxygen atoms in total. The predicted molar refractivity (Wildman–Crippen MR) is 160 cm³/mol. The standard InChI is InChI=1S/C34H24S2/c1-5-13-25(14-6-1)29-21-31(27-17-9-3-10-18-27)35-33(23-29)34-24-30(26-15-7-2-8-16-26)22-32(36-34)28-19-11-4-12-20-28/h1-24H/b34-33-. The summed E-state index contributed by atoms with van der Waals surface area (Å²) in [5.41, 5.74) is 7.43. The summed E-state index contributed by atoms with van der Waals surface area (Å²) >= 11 is 3.71. The van der Waals surface area contributed by atoms with Gasteiger partial charge in [0.2, 0.25) is 0 Å². The van der Waals surface area contributed by atoms with E-state index in [1.807, 2.05) is 23.5 Å². The average Bonchev–Trinajstić information content (AvgIpc) is 2.98. The van der Waals surface area contributed by atoms with Crippen molar-refractivity contribution in [1.82, 2.24) is 0 Å². The van der Waals surface area contributed by atoms with Crippen LogP contribution in [0.5, 0.6) is 0 Å². The third-order valence-corrected chi connectivity index (χ3v) is 8.55. The molecule has 0 saturated heterocycles. The second kappa shape index (κ2) is 10.5. The van der Waals surface area contributed by atoms with Gasteiger partial charge in [0, 0.05) is 19.6 Å². The molecule has 2 aliphatic rings. The van der Waals surface area contributed by atoms with Gasteiger partial charge in [0.15, 0.2) is 0 Å². The van der Waals surface area contributed by atoms with Gasteiger partial charge in [-0.15, -0.1) is 0 Å². The van der Waals surface area contributed by atoms with E-state index in [2.05, 4.69) is 146 Å². The zero-order valence-electron chi connectivity index (χ0n) is 19.7. The molecule has 2 heteroatoms. The first-order valence-corrected chi connectivity index (χ1v) is 13.7. The molecule has 0 spiro atoms. The summed E-state index contributed by atoms with van der Waals surface area (Å²) in [6.07, 6.45) is 9.34. The summed E-state index contributed by atoms with van der Waals surface area (Å²) in [7, 11) is 0. The Hall–Kier alpha value is -3.72. The highest BCUT2D eigenvalue weighted by molar-refractivity contribution is 8.15. The zero-order chi connectivity index (χ0) is 24.2.